The van der Waals surface area contributed by atoms with Gasteiger partial charge in [0.05, 0.1) is 7.11 Å². The topological polar surface area (TPSA) is 21.3 Å². The van der Waals surface area contributed by atoms with Crippen LogP contribution in [0.5, 0.6) is 5.75 Å². The van der Waals surface area contributed by atoms with Crippen molar-refractivity contribution in [2.75, 3.05) is 19.0 Å². The fourth-order valence-corrected chi connectivity index (χ4v) is 2.55. The number of methoxy groups -OCH3 is 1. The van der Waals surface area contributed by atoms with Gasteiger partial charge in [0.15, 0.2) is 0 Å². The molecule has 0 heterocycles. The number of hydrogen-bond acceptors (Lipinski definition) is 2. The summed E-state index contributed by atoms with van der Waals surface area (Å²) in [5.74, 6) is 2.08. The van der Waals surface area contributed by atoms with Crippen LogP contribution in [-0.4, -0.2) is 13.7 Å². The summed E-state index contributed by atoms with van der Waals surface area (Å²) < 4.78 is 5.17. The van der Waals surface area contributed by atoms with E-state index in [1.807, 2.05) is 12.1 Å². The van der Waals surface area contributed by atoms with Crippen molar-refractivity contribution in [3.63, 3.8) is 0 Å². The third-order valence-electron chi connectivity index (χ3n) is 3.90. The molecule has 0 saturated carbocycles. The van der Waals surface area contributed by atoms with E-state index < -0.39 is 0 Å². The van der Waals surface area contributed by atoms with E-state index in [0.29, 0.717) is 11.8 Å². The first-order valence-electron chi connectivity index (χ1n) is 8.05. The normalized spacial score (nSPS) is 12.2. The average Bonchev–Trinajstić information content (AvgIpc) is 2.53. The fourth-order valence-electron chi connectivity index (χ4n) is 2.55. The molecule has 0 spiro atoms. The Morgan fingerprint density at radius 2 is 1.55 bits per heavy atom. The van der Waals surface area contributed by atoms with E-state index in [9.17, 15) is 0 Å². The van der Waals surface area contributed by atoms with E-state index in [1.165, 1.54) is 11.1 Å². The van der Waals surface area contributed by atoms with Crippen LogP contribution in [0.25, 0.3) is 0 Å². The lowest BCUT2D eigenvalue weighted by atomic mass is 9.97. The van der Waals surface area contributed by atoms with Gasteiger partial charge in [-0.2, -0.15) is 0 Å². The Morgan fingerprint density at radius 1 is 0.909 bits per heavy atom. The van der Waals surface area contributed by atoms with E-state index in [4.69, 9.17) is 4.74 Å². The molecule has 22 heavy (non-hydrogen) atoms. The molecule has 118 valence electrons. The number of benzene rings is 2. The molecule has 0 saturated heterocycles. The molecule has 0 fully saturated rings. The zero-order valence-electron chi connectivity index (χ0n) is 14.1. The molecule has 0 aliphatic carbocycles. The quantitative estimate of drug-likeness (QED) is 0.767. The van der Waals surface area contributed by atoms with Crippen LogP contribution in [0, 0.1) is 5.92 Å². The summed E-state index contributed by atoms with van der Waals surface area (Å²) in [7, 11) is 1.69. The monoisotopic (exact) mass is 297 g/mol. The van der Waals surface area contributed by atoms with Crippen LogP contribution >= 0.6 is 0 Å². The summed E-state index contributed by atoms with van der Waals surface area (Å²) in [6.07, 6.45) is 1.15. The van der Waals surface area contributed by atoms with Crippen LogP contribution in [0.3, 0.4) is 0 Å². The minimum absolute atomic E-state index is 0.482. The second-order valence-electron chi connectivity index (χ2n) is 6.35. The first kappa shape index (κ1) is 16.4. The molecule has 0 amide bonds. The Hall–Kier alpha value is -1.96. The standard InChI is InChI=1S/C20H27NO/c1-15(2)13-17-5-7-18(8-6-17)16(3)14-21-19-9-11-20(22-4)12-10-19/h5-12,15-16,21H,13-14H2,1-4H3. The molecular weight excluding hydrogens is 270 g/mol. The minimum atomic E-state index is 0.482. The number of anilines is 1. The van der Waals surface area contributed by atoms with Gasteiger partial charge in [-0.25, -0.2) is 0 Å². The van der Waals surface area contributed by atoms with Crippen molar-refractivity contribution in [3.05, 3.63) is 59.7 Å². The highest BCUT2D eigenvalue weighted by molar-refractivity contribution is 5.46. The summed E-state index contributed by atoms with van der Waals surface area (Å²) in [4.78, 5) is 0. The lowest BCUT2D eigenvalue weighted by molar-refractivity contribution is 0.415. The van der Waals surface area contributed by atoms with E-state index in [1.54, 1.807) is 7.11 Å². The van der Waals surface area contributed by atoms with Crippen LogP contribution in [0.1, 0.15) is 37.8 Å². The zero-order chi connectivity index (χ0) is 15.9. The van der Waals surface area contributed by atoms with Crippen LogP contribution < -0.4 is 10.1 Å². The Labute approximate surface area is 134 Å². The minimum Gasteiger partial charge on any atom is -0.497 e. The van der Waals surface area contributed by atoms with Crippen LogP contribution in [0.2, 0.25) is 0 Å². The molecule has 0 radical (unpaired) electrons. The second kappa shape index (κ2) is 7.88. The average molecular weight is 297 g/mol. The van der Waals surface area contributed by atoms with Crippen LogP contribution in [-0.2, 0) is 6.42 Å². The third kappa shape index (κ3) is 4.80. The van der Waals surface area contributed by atoms with Gasteiger partial charge in [-0.1, -0.05) is 45.0 Å². The highest BCUT2D eigenvalue weighted by Crippen LogP contribution is 2.20. The predicted molar refractivity (Wildman–Crippen MR) is 94.9 cm³/mol. The molecule has 2 aromatic rings. The van der Waals surface area contributed by atoms with Crippen molar-refractivity contribution in [3.8, 4) is 5.75 Å². The van der Waals surface area contributed by atoms with E-state index >= 15 is 0 Å². The third-order valence-corrected chi connectivity index (χ3v) is 3.90. The Balaban J connectivity index is 1.89. The van der Waals surface area contributed by atoms with Crippen molar-refractivity contribution in [2.45, 2.75) is 33.1 Å². The van der Waals surface area contributed by atoms with Crippen molar-refractivity contribution < 1.29 is 4.74 Å². The molecule has 2 aromatic carbocycles. The molecule has 2 heteroatoms. The summed E-state index contributed by atoms with van der Waals surface area (Å²) in [5, 5.41) is 3.49. The highest BCUT2D eigenvalue weighted by Gasteiger charge is 2.06. The van der Waals surface area contributed by atoms with Gasteiger partial charge in [-0.3, -0.25) is 0 Å². The fraction of sp³-hybridized carbons (Fsp3) is 0.400. The SMILES string of the molecule is COc1ccc(NCC(C)c2ccc(CC(C)C)cc2)cc1. The second-order valence-corrected chi connectivity index (χ2v) is 6.35. The Kier molecular flexibility index (Phi) is 5.88. The highest BCUT2D eigenvalue weighted by atomic mass is 16.5. The van der Waals surface area contributed by atoms with Gasteiger partial charge in [0.2, 0.25) is 0 Å². The number of nitrogens with one attached hydrogen (secondary N) is 1. The molecule has 0 bridgehead atoms. The van der Waals surface area contributed by atoms with Crippen LogP contribution in [0.15, 0.2) is 48.5 Å². The van der Waals surface area contributed by atoms with Crippen LogP contribution in [0.4, 0.5) is 5.69 Å². The summed E-state index contributed by atoms with van der Waals surface area (Å²) in [6.45, 7) is 7.70. The lowest BCUT2D eigenvalue weighted by Crippen LogP contribution is -2.09. The molecule has 2 nitrogen and oxygen atoms in total. The maximum atomic E-state index is 5.17. The van der Waals surface area contributed by atoms with Crippen molar-refractivity contribution in [1.29, 1.82) is 0 Å². The van der Waals surface area contributed by atoms with E-state index in [-0.39, 0.29) is 0 Å². The van der Waals surface area contributed by atoms with Crippen molar-refractivity contribution >= 4 is 5.69 Å². The van der Waals surface area contributed by atoms with Crippen molar-refractivity contribution in [1.82, 2.24) is 0 Å². The number of rotatable bonds is 7. The Morgan fingerprint density at radius 3 is 2.09 bits per heavy atom. The molecule has 1 N–H and O–H groups in total. The summed E-state index contributed by atoms with van der Waals surface area (Å²) in [5.41, 5.74) is 3.94. The van der Waals surface area contributed by atoms with Crippen molar-refractivity contribution in [2.24, 2.45) is 5.92 Å². The first-order valence-corrected chi connectivity index (χ1v) is 8.05. The maximum Gasteiger partial charge on any atom is 0.119 e. The molecular formula is C20H27NO. The Bertz CT molecular complexity index is 557. The molecule has 1 atom stereocenters. The molecule has 0 aliphatic rings. The van der Waals surface area contributed by atoms with Gasteiger partial charge in [-0.05, 0) is 53.6 Å². The van der Waals surface area contributed by atoms with Gasteiger partial charge in [0, 0.05) is 12.2 Å². The van der Waals surface area contributed by atoms with Gasteiger partial charge >= 0.3 is 0 Å². The van der Waals surface area contributed by atoms with E-state index in [0.717, 1.165) is 24.4 Å². The lowest BCUT2D eigenvalue weighted by Gasteiger charge is -2.15. The number of hydrogen-bond donors (Lipinski definition) is 1. The summed E-state index contributed by atoms with van der Waals surface area (Å²) in [6, 6.07) is 17.1. The number of ether oxygens (including phenoxy) is 1. The molecule has 1 unspecified atom stereocenters. The maximum absolute atomic E-state index is 5.17. The largest absolute Gasteiger partial charge is 0.497 e. The zero-order valence-corrected chi connectivity index (χ0v) is 14.1. The summed E-state index contributed by atoms with van der Waals surface area (Å²) >= 11 is 0. The molecule has 0 aliphatic heterocycles. The van der Waals surface area contributed by atoms with Gasteiger partial charge in [0.1, 0.15) is 5.75 Å². The van der Waals surface area contributed by atoms with Gasteiger partial charge < -0.3 is 10.1 Å². The molecule has 2 rings (SSSR count). The van der Waals surface area contributed by atoms with Gasteiger partial charge in [0.25, 0.3) is 0 Å². The smallest absolute Gasteiger partial charge is 0.119 e. The molecule has 0 aromatic heterocycles. The van der Waals surface area contributed by atoms with E-state index in [2.05, 4.69) is 62.5 Å². The van der Waals surface area contributed by atoms with Gasteiger partial charge in [-0.15, -0.1) is 0 Å². The first-order chi connectivity index (χ1) is 10.6. The predicted octanol–water partition coefficient (Wildman–Crippen LogP) is 5.11.